The second-order valence-electron chi connectivity index (χ2n) is 3.49. The van der Waals surface area contributed by atoms with E-state index in [4.69, 9.17) is 11.6 Å². The van der Waals surface area contributed by atoms with Crippen molar-refractivity contribution in [3.05, 3.63) is 29.0 Å². The fourth-order valence-corrected chi connectivity index (χ4v) is 1.37. The minimum Gasteiger partial charge on any atom is -0.351 e. The van der Waals surface area contributed by atoms with E-state index in [9.17, 15) is 4.79 Å². The molecule has 0 atom stereocenters. The van der Waals surface area contributed by atoms with E-state index < -0.39 is 0 Å². The third kappa shape index (κ3) is 3.79. The van der Waals surface area contributed by atoms with E-state index in [-0.39, 0.29) is 11.1 Å². The van der Waals surface area contributed by atoms with Gasteiger partial charge in [-0.1, -0.05) is 18.5 Å². The Bertz CT molecular complexity index is 357. The van der Waals surface area contributed by atoms with Gasteiger partial charge in [-0.15, -0.1) is 0 Å². The highest BCUT2D eigenvalue weighted by Crippen LogP contribution is 2.10. The van der Waals surface area contributed by atoms with Gasteiger partial charge >= 0.3 is 0 Å². The molecule has 16 heavy (non-hydrogen) atoms. The number of nitrogens with one attached hydrogen (secondary N) is 1. The Morgan fingerprint density at radius 1 is 1.62 bits per heavy atom. The van der Waals surface area contributed by atoms with Crippen molar-refractivity contribution in [3.8, 4) is 0 Å². The zero-order chi connectivity index (χ0) is 12.0. The van der Waals surface area contributed by atoms with Crippen LogP contribution in [0, 0.1) is 0 Å². The highest BCUT2D eigenvalue weighted by molar-refractivity contribution is 6.32. The normalized spacial score (nSPS) is 10.5. The van der Waals surface area contributed by atoms with Gasteiger partial charge in [-0.3, -0.25) is 4.79 Å². The summed E-state index contributed by atoms with van der Waals surface area (Å²) in [5.74, 6) is -0.178. The first-order valence-corrected chi connectivity index (χ1v) is 5.60. The lowest BCUT2D eigenvalue weighted by Crippen LogP contribution is -2.33. The lowest BCUT2D eigenvalue weighted by atomic mass is 10.2. The van der Waals surface area contributed by atoms with E-state index >= 15 is 0 Å². The Kier molecular flexibility index (Phi) is 5.22. The number of carbonyl (C=O) groups excluding carboxylic acids is 1. The molecule has 0 radical (unpaired) electrons. The van der Waals surface area contributed by atoms with Crippen molar-refractivity contribution in [1.82, 2.24) is 15.2 Å². The number of halogens is 1. The van der Waals surface area contributed by atoms with Crippen LogP contribution in [-0.2, 0) is 0 Å². The number of aromatic nitrogens is 1. The standard InChI is InChI=1S/C11H16ClN3O/c1-3-15(2)8-7-14-11(16)9-5-4-6-13-10(9)12/h4-6H,3,7-8H2,1-2H3,(H,14,16). The maximum Gasteiger partial charge on any atom is 0.254 e. The van der Waals surface area contributed by atoms with Crippen LogP contribution in [0.25, 0.3) is 0 Å². The van der Waals surface area contributed by atoms with Gasteiger partial charge in [0.25, 0.3) is 5.91 Å². The Morgan fingerprint density at radius 3 is 3.00 bits per heavy atom. The fraction of sp³-hybridized carbons (Fsp3) is 0.455. The number of hydrogen-bond donors (Lipinski definition) is 1. The van der Waals surface area contributed by atoms with Gasteiger partial charge in [-0.25, -0.2) is 4.98 Å². The minimum atomic E-state index is -0.178. The van der Waals surface area contributed by atoms with E-state index in [0.717, 1.165) is 13.1 Å². The number of pyridine rings is 1. The first-order valence-electron chi connectivity index (χ1n) is 5.22. The minimum absolute atomic E-state index is 0.178. The molecule has 1 aromatic heterocycles. The molecule has 0 aliphatic carbocycles. The first kappa shape index (κ1) is 12.9. The summed E-state index contributed by atoms with van der Waals surface area (Å²) < 4.78 is 0. The smallest absolute Gasteiger partial charge is 0.254 e. The van der Waals surface area contributed by atoms with Crippen molar-refractivity contribution in [3.63, 3.8) is 0 Å². The van der Waals surface area contributed by atoms with Gasteiger partial charge < -0.3 is 10.2 Å². The molecule has 5 heteroatoms. The third-order valence-corrected chi connectivity index (χ3v) is 2.62. The number of nitrogens with zero attached hydrogens (tertiary/aromatic N) is 2. The van der Waals surface area contributed by atoms with Crippen LogP contribution in [0.1, 0.15) is 17.3 Å². The predicted molar refractivity (Wildman–Crippen MR) is 64.8 cm³/mol. The van der Waals surface area contributed by atoms with Crippen molar-refractivity contribution < 1.29 is 4.79 Å². The summed E-state index contributed by atoms with van der Waals surface area (Å²) in [5, 5.41) is 3.04. The number of likely N-dealkylation sites (N-methyl/N-ethyl adjacent to an activating group) is 1. The number of rotatable bonds is 5. The van der Waals surface area contributed by atoms with Gasteiger partial charge in [0.05, 0.1) is 5.56 Å². The van der Waals surface area contributed by atoms with Gasteiger partial charge in [0.1, 0.15) is 5.15 Å². The van der Waals surface area contributed by atoms with Crippen molar-refractivity contribution in [2.24, 2.45) is 0 Å². The summed E-state index contributed by atoms with van der Waals surface area (Å²) >= 11 is 5.81. The average Bonchev–Trinajstić information content (AvgIpc) is 2.29. The van der Waals surface area contributed by atoms with E-state index in [1.54, 1.807) is 18.3 Å². The molecule has 0 unspecified atom stereocenters. The van der Waals surface area contributed by atoms with Gasteiger partial charge in [-0.05, 0) is 25.7 Å². The van der Waals surface area contributed by atoms with Crippen LogP contribution in [0.3, 0.4) is 0 Å². The summed E-state index contributed by atoms with van der Waals surface area (Å²) in [6.45, 7) is 4.46. The number of carbonyl (C=O) groups is 1. The van der Waals surface area contributed by atoms with Crippen LogP contribution in [0.15, 0.2) is 18.3 Å². The molecule has 88 valence electrons. The van der Waals surface area contributed by atoms with Gasteiger partial charge in [0, 0.05) is 19.3 Å². The molecule has 0 fully saturated rings. The molecule has 0 bridgehead atoms. The summed E-state index contributed by atoms with van der Waals surface area (Å²) in [6, 6.07) is 3.35. The van der Waals surface area contributed by atoms with Crippen LogP contribution < -0.4 is 5.32 Å². The molecular formula is C11H16ClN3O. The topological polar surface area (TPSA) is 45.2 Å². The van der Waals surface area contributed by atoms with E-state index in [0.29, 0.717) is 12.1 Å². The Balaban J connectivity index is 2.44. The average molecular weight is 242 g/mol. The van der Waals surface area contributed by atoms with Crippen molar-refractivity contribution in [2.45, 2.75) is 6.92 Å². The van der Waals surface area contributed by atoms with Gasteiger partial charge in [0.2, 0.25) is 0 Å². The van der Waals surface area contributed by atoms with Crippen LogP contribution in [0.2, 0.25) is 5.15 Å². The maximum absolute atomic E-state index is 11.7. The molecule has 1 heterocycles. The molecule has 0 saturated heterocycles. The Labute approximate surface area is 101 Å². The molecule has 1 rings (SSSR count). The first-order chi connectivity index (χ1) is 7.65. The largest absolute Gasteiger partial charge is 0.351 e. The second kappa shape index (κ2) is 6.45. The molecule has 0 spiro atoms. The van der Waals surface area contributed by atoms with E-state index in [2.05, 4.69) is 22.1 Å². The van der Waals surface area contributed by atoms with E-state index in [1.807, 2.05) is 7.05 Å². The number of hydrogen-bond acceptors (Lipinski definition) is 3. The van der Waals surface area contributed by atoms with Crippen molar-refractivity contribution in [1.29, 1.82) is 0 Å². The van der Waals surface area contributed by atoms with Crippen molar-refractivity contribution >= 4 is 17.5 Å². The Hall–Kier alpha value is -1.13. The quantitative estimate of drug-likeness (QED) is 0.793. The summed E-state index contributed by atoms with van der Waals surface area (Å²) in [6.07, 6.45) is 1.56. The van der Waals surface area contributed by atoms with Crippen LogP contribution >= 0.6 is 11.6 Å². The van der Waals surface area contributed by atoms with Crippen LogP contribution in [-0.4, -0.2) is 42.5 Å². The lowest BCUT2D eigenvalue weighted by molar-refractivity contribution is 0.0950. The zero-order valence-corrected chi connectivity index (χ0v) is 10.3. The second-order valence-corrected chi connectivity index (χ2v) is 3.85. The van der Waals surface area contributed by atoms with Gasteiger partial charge in [0.15, 0.2) is 0 Å². The molecule has 1 N–H and O–H groups in total. The molecule has 0 aliphatic heterocycles. The molecule has 0 saturated carbocycles. The molecule has 4 nitrogen and oxygen atoms in total. The molecular weight excluding hydrogens is 226 g/mol. The van der Waals surface area contributed by atoms with Crippen LogP contribution in [0.4, 0.5) is 0 Å². The SMILES string of the molecule is CCN(C)CCNC(=O)c1cccnc1Cl. The van der Waals surface area contributed by atoms with Crippen LogP contribution in [0.5, 0.6) is 0 Å². The summed E-state index contributed by atoms with van der Waals surface area (Å²) in [7, 11) is 2.00. The molecule has 0 aromatic carbocycles. The lowest BCUT2D eigenvalue weighted by Gasteiger charge is -2.14. The molecule has 0 aliphatic rings. The summed E-state index contributed by atoms with van der Waals surface area (Å²) in [4.78, 5) is 17.7. The highest BCUT2D eigenvalue weighted by atomic mass is 35.5. The van der Waals surface area contributed by atoms with Crippen molar-refractivity contribution in [2.75, 3.05) is 26.7 Å². The predicted octanol–water partition coefficient (Wildman–Crippen LogP) is 1.42. The number of amides is 1. The molecule has 1 aromatic rings. The zero-order valence-electron chi connectivity index (χ0n) is 9.53. The summed E-state index contributed by atoms with van der Waals surface area (Å²) in [5.41, 5.74) is 0.420. The van der Waals surface area contributed by atoms with Gasteiger partial charge in [-0.2, -0.15) is 0 Å². The Morgan fingerprint density at radius 2 is 2.38 bits per heavy atom. The fourth-order valence-electron chi connectivity index (χ4n) is 1.17. The molecule has 1 amide bonds. The monoisotopic (exact) mass is 241 g/mol. The third-order valence-electron chi connectivity index (χ3n) is 2.32. The maximum atomic E-state index is 11.7. The van der Waals surface area contributed by atoms with E-state index in [1.165, 1.54) is 0 Å². The highest BCUT2D eigenvalue weighted by Gasteiger charge is 2.09.